The van der Waals surface area contributed by atoms with Crippen molar-refractivity contribution in [1.29, 1.82) is 0 Å². The second-order valence-corrected chi connectivity index (χ2v) is 5.54. The number of nitrogens with zero attached hydrogens (tertiary/aromatic N) is 4. The number of ether oxygens (including phenoxy) is 2. The molecule has 0 aromatic carbocycles. The summed E-state index contributed by atoms with van der Waals surface area (Å²) in [6, 6.07) is 0. The predicted octanol–water partition coefficient (Wildman–Crippen LogP) is 1.51. The van der Waals surface area contributed by atoms with Crippen molar-refractivity contribution in [2.45, 2.75) is 25.3 Å². The molecule has 1 fully saturated rings. The zero-order valence-electron chi connectivity index (χ0n) is 13.0. The maximum atomic E-state index is 12.4. The van der Waals surface area contributed by atoms with Crippen molar-refractivity contribution < 1.29 is 19.2 Å². The number of anilines is 1. The highest BCUT2D eigenvalue weighted by Crippen LogP contribution is 2.37. The summed E-state index contributed by atoms with van der Waals surface area (Å²) in [4.78, 5) is 32.5. The summed E-state index contributed by atoms with van der Waals surface area (Å²) >= 11 is 5.86. The molecule has 1 saturated heterocycles. The van der Waals surface area contributed by atoms with Gasteiger partial charge in [0.1, 0.15) is 11.2 Å². The summed E-state index contributed by atoms with van der Waals surface area (Å²) in [7, 11) is 2.84. The van der Waals surface area contributed by atoms with E-state index in [0.29, 0.717) is 26.1 Å². The van der Waals surface area contributed by atoms with Gasteiger partial charge in [-0.3, -0.25) is 10.1 Å². The molecule has 0 atom stereocenters. The van der Waals surface area contributed by atoms with Crippen LogP contribution >= 0.6 is 11.6 Å². The van der Waals surface area contributed by atoms with Crippen LogP contribution in [0, 0.1) is 17.0 Å². The Morgan fingerprint density at radius 3 is 2.57 bits per heavy atom. The molecule has 0 radical (unpaired) electrons. The molecule has 0 spiro atoms. The van der Waals surface area contributed by atoms with Crippen LogP contribution in [0.1, 0.15) is 18.5 Å². The van der Waals surface area contributed by atoms with Gasteiger partial charge in [-0.25, -0.2) is 9.78 Å². The van der Waals surface area contributed by atoms with Crippen LogP contribution in [0.5, 0.6) is 0 Å². The molecule has 9 nitrogen and oxygen atoms in total. The lowest BCUT2D eigenvalue weighted by atomic mass is 9.88. The van der Waals surface area contributed by atoms with E-state index in [2.05, 4.69) is 9.97 Å². The fourth-order valence-electron chi connectivity index (χ4n) is 2.74. The van der Waals surface area contributed by atoms with Gasteiger partial charge in [0.2, 0.25) is 11.1 Å². The van der Waals surface area contributed by atoms with E-state index in [1.54, 1.807) is 7.05 Å². The Kier molecular flexibility index (Phi) is 5.00. The number of aromatic nitrogens is 2. The molecule has 0 aliphatic carbocycles. The van der Waals surface area contributed by atoms with E-state index in [0.717, 1.165) is 0 Å². The van der Waals surface area contributed by atoms with E-state index >= 15 is 0 Å². The van der Waals surface area contributed by atoms with Crippen molar-refractivity contribution in [2.75, 3.05) is 32.3 Å². The molecule has 0 N–H and O–H groups in total. The average molecular weight is 345 g/mol. The summed E-state index contributed by atoms with van der Waals surface area (Å²) in [6.45, 7) is 2.15. The van der Waals surface area contributed by atoms with Gasteiger partial charge in [-0.05, 0) is 18.5 Å². The van der Waals surface area contributed by atoms with Gasteiger partial charge in [0.25, 0.3) is 0 Å². The Balaban J connectivity index is 2.59. The van der Waals surface area contributed by atoms with Crippen LogP contribution in [-0.4, -0.2) is 53.8 Å². The van der Waals surface area contributed by atoms with E-state index in [9.17, 15) is 14.9 Å². The molecule has 126 valence electrons. The number of nitro groups is 1. The third-order valence-corrected chi connectivity index (χ3v) is 4.21. The second kappa shape index (κ2) is 6.63. The Morgan fingerprint density at radius 1 is 1.43 bits per heavy atom. The quantitative estimate of drug-likeness (QED) is 0.350. The third-order valence-electron chi connectivity index (χ3n) is 4.04. The smallest absolute Gasteiger partial charge is 0.332 e. The van der Waals surface area contributed by atoms with Gasteiger partial charge in [0, 0.05) is 33.1 Å². The van der Waals surface area contributed by atoms with Crippen molar-refractivity contribution in [3.05, 3.63) is 21.1 Å². The van der Waals surface area contributed by atoms with Gasteiger partial charge in [0.15, 0.2) is 0 Å². The first-order valence-corrected chi connectivity index (χ1v) is 7.30. The monoisotopic (exact) mass is 344 g/mol. The zero-order valence-corrected chi connectivity index (χ0v) is 13.8. The minimum Gasteiger partial charge on any atom is -0.467 e. The van der Waals surface area contributed by atoms with Gasteiger partial charge in [0.05, 0.1) is 12.0 Å². The molecule has 23 heavy (non-hydrogen) atoms. The molecule has 10 heteroatoms. The number of likely N-dealkylation sites (N-methyl/N-ethyl adjacent to an activating group) is 1. The highest BCUT2D eigenvalue weighted by atomic mass is 35.5. The molecular weight excluding hydrogens is 328 g/mol. The molecule has 0 saturated carbocycles. The van der Waals surface area contributed by atoms with Gasteiger partial charge in [-0.15, -0.1) is 0 Å². The van der Waals surface area contributed by atoms with Gasteiger partial charge in [-0.1, -0.05) is 0 Å². The van der Waals surface area contributed by atoms with Crippen molar-refractivity contribution in [2.24, 2.45) is 0 Å². The minimum absolute atomic E-state index is 0.0141. The topological polar surface area (TPSA) is 108 Å². The lowest BCUT2D eigenvalue weighted by molar-refractivity contribution is -0.385. The minimum atomic E-state index is -1.10. The molecule has 0 bridgehead atoms. The highest BCUT2D eigenvalue weighted by Gasteiger charge is 2.47. The lowest BCUT2D eigenvalue weighted by Crippen LogP contribution is -2.57. The second-order valence-electron chi connectivity index (χ2n) is 5.20. The average Bonchev–Trinajstić information content (AvgIpc) is 2.52. The van der Waals surface area contributed by atoms with E-state index in [-0.39, 0.29) is 22.5 Å². The fourth-order valence-corrected chi connectivity index (χ4v) is 2.95. The van der Waals surface area contributed by atoms with Crippen LogP contribution in [-0.2, 0) is 14.3 Å². The van der Waals surface area contributed by atoms with Crippen LogP contribution in [0.15, 0.2) is 0 Å². The van der Waals surface area contributed by atoms with Crippen LogP contribution in [0.4, 0.5) is 11.5 Å². The van der Waals surface area contributed by atoms with E-state index in [1.807, 2.05) is 0 Å². The molecule has 1 aliphatic rings. The number of carbonyl (C=O) groups is 1. The maximum Gasteiger partial charge on any atom is 0.332 e. The largest absolute Gasteiger partial charge is 0.467 e. The molecule has 0 amide bonds. The maximum absolute atomic E-state index is 12.4. The number of rotatable bonds is 4. The van der Waals surface area contributed by atoms with Crippen LogP contribution in [0.2, 0.25) is 5.28 Å². The number of esters is 1. The van der Waals surface area contributed by atoms with E-state index in [1.165, 1.54) is 18.9 Å². The standard InChI is InChI=1S/C13H17ClN4O5/c1-8-9(18(20)21)10(16-12(14)15-8)17(2)13(11(19)22-3)4-6-23-7-5-13/h4-7H2,1-3H3. The molecule has 2 rings (SSSR count). The molecule has 1 aromatic rings. The van der Waals surface area contributed by atoms with Gasteiger partial charge < -0.3 is 14.4 Å². The van der Waals surface area contributed by atoms with Crippen molar-refractivity contribution in [3.63, 3.8) is 0 Å². The summed E-state index contributed by atoms with van der Waals surface area (Å²) in [5.41, 5.74) is -1.25. The summed E-state index contributed by atoms with van der Waals surface area (Å²) in [6.07, 6.45) is 0.655. The molecular formula is C13H17ClN4O5. The molecule has 0 unspecified atom stereocenters. The van der Waals surface area contributed by atoms with E-state index in [4.69, 9.17) is 21.1 Å². The third kappa shape index (κ3) is 3.06. The zero-order chi connectivity index (χ0) is 17.2. The molecule has 1 aromatic heterocycles. The summed E-state index contributed by atoms with van der Waals surface area (Å²) < 4.78 is 10.2. The van der Waals surface area contributed by atoms with Crippen molar-refractivity contribution in [1.82, 2.24) is 9.97 Å². The Labute approximate surface area is 137 Å². The molecule has 1 aliphatic heterocycles. The Morgan fingerprint density at radius 2 is 2.04 bits per heavy atom. The van der Waals surface area contributed by atoms with Crippen LogP contribution in [0.25, 0.3) is 0 Å². The predicted molar refractivity (Wildman–Crippen MR) is 81.6 cm³/mol. The fraction of sp³-hybridized carbons (Fsp3) is 0.615. The number of hydrogen-bond acceptors (Lipinski definition) is 8. The Bertz CT molecular complexity index is 633. The van der Waals surface area contributed by atoms with Crippen molar-refractivity contribution >= 4 is 29.1 Å². The SMILES string of the molecule is COC(=O)C1(N(C)c2nc(Cl)nc(C)c2[N+](=O)[O-])CCOCC1. The summed E-state index contributed by atoms with van der Waals surface area (Å²) in [5, 5.41) is 11.3. The summed E-state index contributed by atoms with van der Waals surface area (Å²) in [5.74, 6) is -0.509. The van der Waals surface area contributed by atoms with E-state index < -0.39 is 16.4 Å². The van der Waals surface area contributed by atoms with Gasteiger partial charge in [-0.2, -0.15) is 4.98 Å². The lowest BCUT2D eigenvalue weighted by Gasteiger charge is -2.42. The Hall–Kier alpha value is -2.00. The highest BCUT2D eigenvalue weighted by molar-refractivity contribution is 6.28. The number of carbonyl (C=O) groups excluding carboxylic acids is 1. The normalized spacial score (nSPS) is 16.7. The van der Waals surface area contributed by atoms with Crippen molar-refractivity contribution in [3.8, 4) is 0 Å². The first-order valence-electron chi connectivity index (χ1n) is 6.92. The molecule has 2 heterocycles. The van der Waals surface area contributed by atoms with Gasteiger partial charge >= 0.3 is 11.7 Å². The first kappa shape index (κ1) is 17.4. The number of aryl methyl sites for hydroxylation is 1. The number of methoxy groups -OCH3 is 1. The van der Waals surface area contributed by atoms with Crippen LogP contribution in [0.3, 0.4) is 0 Å². The number of hydrogen-bond donors (Lipinski definition) is 0. The first-order chi connectivity index (χ1) is 10.8. The number of halogens is 1. The van der Waals surface area contributed by atoms with Crippen LogP contribution < -0.4 is 4.90 Å².